The Labute approximate surface area is 96.5 Å². The molecule has 1 aliphatic heterocycles. The molecular weight excluding hydrogens is 262 g/mol. The van der Waals surface area contributed by atoms with E-state index < -0.39 is 0 Å². The molecule has 1 aromatic rings. The van der Waals surface area contributed by atoms with E-state index in [1.807, 2.05) is 0 Å². The van der Waals surface area contributed by atoms with Crippen LogP contribution in [0.5, 0.6) is 0 Å². The minimum atomic E-state index is -0.198. The lowest BCUT2D eigenvalue weighted by Gasteiger charge is -2.16. The Morgan fingerprint density at radius 2 is 2.57 bits per heavy atom. The first kappa shape index (κ1) is 10.6. The van der Waals surface area contributed by atoms with Crippen LogP contribution in [0.25, 0.3) is 0 Å². The molecule has 4 heteroatoms. The van der Waals surface area contributed by atoms with Gasteiger partial charge in [-0.25, -0.2) is 0 Å². The highest BCUT2D eigenvalue weighted by molar-refractivity contribution is 9.11. The molecular formula is C10H14BrNOS. The summed E-state index contributed by atoms with van der Waals surface area (Å²) in [5.41, 5.74) is 1.23. The summed E-state index contributed by atoms with van der Waals surface area (Å²) in [4.78, 5) is 0. The zero-order chi connectivity index (χ0) is 9.97. The summed E-state index contributed by atoms with van der Waals surface area (Å²) in [6, 6.07) is 2.08. The van der Waals surface area contributed by atoms with E-state index in [-0.39, 0.29) is 6.10 Å². The van der Waals surface area contributed by atoms with E-state index in [1.165, 1.54) is 5.56 Å². The molecule has 1 unspecified atom stereocenters. The van der Waals surface area contributed by atoms with Gasteiger partial charge in [-0.1, -0.05) is 0 Å². The van der Waals surface area contributed by atoms with E-state index in [0.717, 1.165) is 29.7 Å². The van der Waals surface area contributed by atoms with Crippen LogP contribution in [0.3, 0.4) is 0 Å². The summed E-state index contributed by atoms with van der Waals surface area (Å²) in [5, 5.41) is 15.3. The first-order valence-corrected chi connectivity index (χ1v) is 6.55. The molecule has 1 aliphatic rings. The van der Waals surface area contributed by atoms with Crippen molar-refractivity contribution in [3.05, 3.63) is 20.8 Å². The van der Waals surface area contributed by atoms with Gasteiger partial charge in [0.2, 0.25) is 0 Å². The molecule has 0 saturated carbocycles. The quantitative estimate of drug-likeness (QED) is 0.885. The highest BCUT2D eigenvalue weighted by atomic mass is 79.9. The van der Waals surface area contributed by atoms with Crippen LogP contribution < -0.4 is 5.32 Å². The number of thiophene rings is 1. The molecule has 2 rings (SSSR count). The average molecular weight is 276 g/mol. The summed E-state index contributed by atoms with van der Waals surface area (Å²) >= 11 is 5.17. The molecule has 1 saturated heterocycles. The van der Waals surface area contributed by atoms with Crippen molar-refractivity contribution in [2.24, 2.45) is 5.92 Å². The van der Waals surface area contributed by atoms with Crippen LogP contribution >= 0.6 is 27.3 Å². The van der Waals surface area contributed by atoms with Crippen molar-refractivity contribution in [3.63, 3.8) is 0 Å². The molecule has 0 spiro atoms. The van der Waals surface area contributed by atoms with Gasteiger partial charge in [-0.05, 0) is 51.8 Å². The maximum absolute atomic E-state index is 9.99. The molecule has 1 fully saturated rings. The Morgan fingerprint density at radius 1 is 1.71 bits per heavy atom. The second-order valence-electron chi connectivity index (χ2n) is 3.74. The number of rotatable bonds is 3. The van der Waals surface area contributed by atoms with Gasteiger partial charge in [0.05, 0.1) is 9.89 Å². The Balaban J connectivity index is 1.93. The maximum Gasteiger partial charge on any atom is 0.0731 e. The number of halogens is 1. The van der Waals surface area contributed by atoms with Crippen molar-refractivity contribution >= 4 is 27.3 Å². The smallest absolute Gasteiger partial charge is 0.0731 e. The number of nitrogens with one attached hydrogen (secondary N) is 1. The zero-order valence-electron chi connectivity index (χ0n) is 7.87. The van der Waals surface area contributed by atoms with E-state index in [9.17, 15) is 5.11 Å². The van der Waals surface area contributed by atoms with E-state index >= 15 is 0 Å². The topological polar surface area (TPSA) is 32.3 Å². The first-order valence-electron chi connectivity index (χ1n) is 4.88. The highest BCUT2D eigenvalue weighted by Crippen LogP contribution is 2.26. The summed E-state index contributed by atoms with van der Waals surface area (Å²) in [7, 11) is 0. The molecule has 2 N–H and O–H groups in total. The Morgan fingerprint density at radius 3 is 3.14 bits per heavy atom. The Kier molecular flexibility index (Phi) is 3.60. The molecule has 0 aromatic carbocycles. The van der Waals surface area contributed by atoms with E-state index in [1.54, 1.807) is 11.3 Å². The van der Waals surface area contributed by atoms with Gasteiger partial charge < -0.3 is 10.4 Å². The second kappa shape index (κ2) is 4.75. The van der Waals surface area contributed by atoms with Gasteiger partial charge in [-0.3, -0.25) is 0 Å². The highest BCUT2D eigenvalue weighted by Gasteiger charge is 2.23. The van der Waals surface area contributed by atoms with Crippen molar-refractivity contribution in [2.45, 2.75) is 18.9 Å². The summed E-state index contributed by atoms with van der Waals surface area (Å²) in [6.45, 7) is 2.01. The predicted molar refractivity (Wildman–Crippen MR) is 62.7 cm³/mol. The van der Waals surface area contributed by atoms with Gasteiger partial charge in [-0.2, -0.15) is 0 Å². The van der Waals surface area contributed by atoms with Crippen LogP contribution in [0, 0.1) is 5.92 Å². The van der Waals surface area contributed by atoms with Crippen molar-refractivity contribution in [1.82, 2.24) is 5.32 Å². The van der Waals surface area contributed by atoms with Crippen LogP contribution in [-0.2, 0) is 6.42 Å². The summed E-state index contributed by atoms with van der Waals surface area (Å²) in [5.74, 6) is 0.432. The van der Waals surface area contributed by atoms with Crippen LogP contribution in [0.15, 0.2) is 15.2 Å². The van der Waals surface area contributed by atoms with Crippen molar-refractivity contribution < 1.29 is 5.11 Å². The fourth-order valence-electron chi connectivity index (χ4n) is 1.86. The van der Waals surface area contributed by atoms with Crippen molar-refractivity contribution in [1.29, 1.82) is 0 Å². The van der Waals surface area contributed by atoms with Gasteiger partial charge in [-0.15, -0.1) is 11.3 Å². The van der Waals surface area contributed by atoms with Gasteiger partial charge in [0.1, 0.15) is 0 Å². The van der Waals surface area contributed by atoms with Crippen LogP contribution in [0.4, 0.5) is 0 Å². The monoisotopic (exact) mass is 275 g/mol. The molecule has 0 aliphatic carbocycles. The fourth-order valence-corrected chi connectivity index (χ4v) is 3.14. The van der Waals surface area contributed by atoms with Crippen molar-refractivity contribution in [2.75, 3.05) is 13.1 Å². The molecule has 0 bridgehead atoms. The minimum Gasteiger partial charge on any atom is -0.392 e. The number of hydrogen-bond acceptors (Lipinski definition) is 3. The van der Waals surface area contributed by atoms with Crippen LogP contribution in [0.1, 0.15) is 12.0 Å². The predicted octanol–water partition coefficient (Wildman–Crippen LogP) is 2.02. The first-order chi connectivity index (χ1) is 6.77. The number of aliphatic hydroxyl groups is 1. The van der Waals surface area contributed by atoms with E-state index in [4.69, 9.17) is 0 Å². The summed E-state index contributed by atoms with van der Waals surface area (Å²) in [6.07, 6.45) is 1.68. The molecule has 0 radical (unpaired) electrons. The molecule has 0 amide bonds. The lowest BCUT2D eigenvalue weighted by molar-refractivity contribution is 0.117. The third kappa shape index (κ3) is 2.37. The Hall–Kier alpha value is 0.1000. The zero-order valence-corrected chi connectivity index (χ0v) is 10.3. The largest absolute Gasteiger partial charge is 0.392 e. The maximum atomic E-state index is 9.99. The van der Waals surface area contributed by atoms with Gasteiger partial charge >= 0.3 is 0 Å². The van der Waals surface area contributed by atoms with Crippen LogP contribution in [-0.4, -0.2) is 24.3 Å². The second-order valence-corrected chi connectivity index (χ2v) is 5.98. The molecule has 14 heavy (non-hydrogen) atoms. The average Bonchev–Trinajstić information content (AvgIpc) is 2.77. The number of hydrogen-bond donors (Lipinski definition) is 2. The van der Waals surface area contributed by atoms with Gasteiger partial charge in [0.15, 0.2) is 0 Å². The van der Waals surface area contributed by atoms with Gasteiger partial charge in [0.25, 0.3) is 0 Å². The SMILES string of the molecule is OC(Cc1ccsc1Br)[C@@H]1CCNC1. The van der Waals surface area contributed by atoms with E-state index in [2.05, 4.69) is 32.7 Å². The molecule has 2 atom stereocenters. The lowest BCUT2D eigenvalue weighted by atomic mass is 9.97. The molecule has 2 heterocycles. The number of aliphatic hydroxyl groups excluding tert-OH is 1. The lowest BCUT2D eigenvalue weighted by Crippen LogP contribution is -2.24. The van der Waals surface area contributed by atoms with E-state index in [0.29, 0.717) is 5.92 Å². The van der Waals surface area contributed by atoms with Crippen molar-refractivity contribution in [3.8, 4) is 0 Å². The standard InChI is InChI=1S/C10H14BrNOS/c11-10-7(2-4-14-10)5-9(13)8-1-3-12-6-8/h2,4,8-9,12-13H,1,3,5-6H2/t8-,9?/m1/s1. The molecule has 1 aromatic heterocycles. The molecule has 2 nitrogen and oxygen atoms in total. The van der Waals surface area contributed by atoms with Gasteiger partial charge in [0, 0.05) is 13.0 Å². The minimum absolute atomic E-state index is 0.198. The Bertz CT molecular complexity index is 296. The summed E-state index contributed by atoms with van der Waals surface area (Å²) < 4.78 is 1.16. The third-order valence-corrected chi connectivity index (χ3v) is 4.58. The fraction of sp³-hybridized carbons (Fsp3) is 0.600. The van der Waals surface area contributed by atoms with Crippen LogP contribution in [0.2, 0.25) is 0 Å². The third-order valence-electron chi connectivity index (χ3n) is 2.76. The molecule has 78 valence electrons. The normalized spacial score (nSPS) is 24.0.